The highest BCUT2D eigenvalue weighted by Gasteiger charge is 2.05. The van der Waals surface area contributed by atoms with Gasteiger partial charge in [-0.25, -0.2) is 4.39 Å². The number of nitrogens with one attached hydrogen (secondary N) is 2. The summed E-state index contributed by atoms with van der Waals surface area (Å²) in [6, 6.07) is 13.5. The van der Waals surface area contributed by atoms with Crippen LogP contribution in [0.15, 0.2) is 47.5 Å². The van der Waals surface area contributed by atoms with Crippen molar-refractivity contribution in [3.8, 4) is 0 Å². The van der Waals surface area contributed by atoms with Crippen LogP contribution in [0.5, 0.6) is 0 Å². The molecule has 25 heavy (non-hydrogen) atoms. The van der Waals surface area contributed by atoms with E-state index in [0.29, 0.717) is 18.7 Å². The van der Waals surface area contributed by atoms with E-state index in [-0.39, 0.29) is 5.82 Å². The highest BCUT2D eigenvalue weighted by atomic mass is 19.1. The first-order chi connectivity index (χ1) is 12.0. The van der Waals surface area contributed by atoms with Crippen LogP contribution in [0.3, 0.4) is 0 Å². The van der Waals surface area contributed by atoms with Crippen LogP contribution in [0, 0.1) is 12.7 Å². The molecule has 2 aromatic carbocycles. The van der Waals surface area contributed by atoms with Crippen molar-refractivity contribution in [2.24, 2.45) is 4.99 Å². The molecule has 0 aliphatic carbocycles. The highest BCUT2D eigenvalue weighted by molar-refractivity contribution is 5.79. The summed E-state index contributed by atoms with van der Waals surface area (Å²) in [7, 11) is 5.88. The summed E-state index contributed by atoms with van der Waals surface area (Å²) in [4.78, 5) is 6.41. The lowest BCUT2D eigenvalue weighted by atomic mass is 10.1. The maximum atomic E-state index is 13.3. The Balaban J connectivity index is 1.93. The molecule has 0 unspecified atom stereocenters. The van der Waals surface area contributed by atoms with Gasteiger partial charge in [-0.15, -0.1) is 0 Å². The van der Waals surface area contributed by atoms with Crippen molar-refractivity contribution in [2.75, 3.05) is 21.1 Å². The van der Waals surface area contributed by atoms with Crippen molar-refractivity contribution < 1.29 is 4.39 Å². The van der Waals surface area contributed by atoms with E-state index < -0.39 is 0 Å². The maximum absolute atomic E-state index is 13.3. The summed E-state index contributed by atoms with van der Waals surface area (Å²) in [6.07, 6.45) is 0. The first-order valence-corrected chi connectivity index (χ1v) is 8.40. The Bertz CT molecular complexity index is 725. The van der Waals surface area contributed by atoms with Crippen LogP contribution in [-0.2, 0) is 19.6 Å². The van der Waals surface area contributed by atoms with Crippen LogP contribution in [-0.4, -0.2) is 32.0 Å². The van der Waals surface area contributed by atoms with E-state index in [9.17, 15) is 4.39 Å². The van der Waals surface area contributed by atoms with E-state index >= 15 is 0 Å². The summed E-state index contributed by atoms with van der Waals surface area (Å²) in [5.41, 5.74) is 4.22. The fourth-order valence-corrected chi connectivity index (χ4v) is 2.63. The Kier molecular flexibility index (Phi) is 6.95. The topological polar surface area (TPSA) is 39.7 Å². The van der Waals surface area contributed by atoms with Gasteiger partial charge in [-0.1, -0.05) is 36.4 Å². The molecule has 0 heterocycles. The molecule has 134 valence electrons. The number of hydrogen-bond donors (Lipinski definition) is 2. The average molecular weight is 342 g/mol. The van der Waals surface area contributed by atoms with Crippen LogP contribution in [0.25, 0.3) is 0 Å². The Labute approximate surface area is 149 Å². The second-order valence-electron chi connectivity index (χ2n) is 6.37. The first kappa shape index (κ1) is 18.9. The standard InChI is InChI=1S/C20H27FN4/c1-15-11-16(9-10-19(15)21)12-23-20(22-2)24-13-17-7-5-6-8-18(17)14-25(3)4/h5-11H,12-14H2,1-4H3,(H2,22,23,24). The second kappa shape index (κ2) is 9.18. The molecule has 0 aliphatic heterocycles. The number of halogens is 1. The Morgan fingerprint density at radius 2 is 1.72 bits per heavy atom. The number of benzene rings is 2. The highest BCUT2D eigenvalue weighted by Crippen LogP contribution is 2.11. The van der Waals surface area contributed by atoms with Gasteiger partial charge >= 0.3 is 0 Å². The summed E-state index contributed by atoms with van der Waals surface area (Å²) in [5, 5.41) is 6.61. The lowest BCUT2D eigenvalue weighted by Crippen LogP contribution is -2.36. The zero-order valence-corrected chi connectivity index (χ0v) is 15.4. The third-order valence-corrected chi connectivity index (χ3v) is 3.96. The predicted octanol–water partition coefficient (Wildman–Crippen LogP) is 3.06. The number of rotatable bonds is 6. The quantitative estimate of drug-likeness (QED) is 0.626. The fraction of sp³-hybridized carbons (Fsp3) is 0.350. The molecule has 4 nitrogen and oxygen atoms in total. The van der Waals surface area contributed by atoms with Crippen LogP contribution < -0.4 is 10.6 Å². The SMILES string of the molecule is CN=C(NCc1ccc(F)c(C)c1)NCc1ccccc1CN(C)C. The molecule has 5 heteroatoms. The van der Waals surface area contributed by atoms with Crippen molar-refractivity contribution in [1.82, 2.24) is 15.5 Å². The summed E-state index contributed by atoms with van der Waals surface area (Å²) in [6.45, 7) is 3.97. The molecule has 0 aromatic heterocycles. The first-order valence-electron chi connectivity index (χ1n) is 8.40. The summed E-state index contributed by atoms with van der Waals surface area (Å²) >= 11 is 0. The number of aryl methyl sites for hydroxylation is 1. The molecular formula is C20H27FN4. The van der Waals surface area contributed by atoms with Gasteiger partial charge in [0.05, 0.1) is 0 Å². The average Bonchev–Trinajstić information content (AvgIpc) is 2.59. The van der Waals surface area contributed by atoms with Crippen LogP contribution in [0.1, 0.15) is 22.3 Å². The van der Waals surface area contributed by atoms with Crippen molar-refractivity contribution in [2.45, 2.75) is 26.6 Å². The third kappa shape index (κ3) is 5.87. The van der Waals surface area contributed by atoms with Crippen LogP contribution in [0.4, 0.5) is 4.39 Å². The lowest BCUT2D eigenvalue weighted by Gasteiger charge is -2.16. The molecule has 2 rings (SSSR count). The largest absolute Gasteiger partial charge is 0.352 e. The van der Waals surface area contributed by atoms with Gasteiger partial charge in [-0.2, -0.15) is 0 Å². The monoisotopic (exact) mass is 342 g/mol. The van der Waals surface area contributed by atoms with E-state index in [4.69, 9.17) is 0 Å². The van der Waals surface area contributed by atoms with Crippen molar-refractivity contribution in [3.63, 3.8) is 0 Å². The van der Waals surface area contributed by atoms with E-state index in [1.54, 1.807) is 20.0 Å². The van der Waals surface area contributed by atoms with Gasteiger partial charge in [0.25, 0.3) is 0 Å². The van der Waals surface area contributed by atoms with Crippen molar-refractivity contribution in [3.05, 3.63) is 70.5 Å². The molecule has 0 aliphatic rings. The minimum absolute atomic E-state index is 0.177. The predicted molar refractivity (Wildman–Crippen MR) is 102 cm³/mol. The lowest BCUT2D eigenvalue weighted by molar-refractivity contribution is 0.400. The Morgan fingerprint density at radius 3 is 2.36 bits per heavy atom. The Hall–Kier alpha value is -2.40. The summed E-state index contributed by atoms with van der Waals surface area (Å²) < 4.78 is 13.3. The minimum atomic E-state index is -0.177. The van der Waals surface area contributed by atoms with E-state index in [2.05, 4.69) is 52.8 Å². The number of nitrogens with zero attached hydrogens (tertiary/aromatic N) is 2. The molecule has 0 bridgehead atoms. The van der Waals surface area contributed by atoms with Gasteiger partial charge in [0.15, 0.2) is 5.96 Å². The second-order valence-corrected chi connectivity index (χ2v) is 6.37. The van der Waals surface area contributed by atoms with Gasteiger partial charge < -0.3 is 15.5 Å². The van der Waals surface area contributed by atoms with E-state index in [1.165, 1.54) is 17.2 Å². The minimum Gasteiger partial charge on any atom is -0.352 e. The van der Waals surface area contributed by atoms with Crippen LogP contribution >= 0.6 is 0 Å². The number of guanidine groups is 1. The van der Waals surface area contributed by atoms with Gasteiger partial charge in [0, 0.05) is 26.7 Å². The van der Waals surface area contributed by atoms with Gasteiger partial charge in [-0.05, 0) is 49.3 Å². The smallest absolute Gasteiger partial charge is 0.191 e. The molecular weight excluding hydrogens is 315 g/mol. The molecule has 2 N–H and O–H groups in total. The molecule has 0 saturated carbocycles. The number of aliphatic imine (C=N–C) groups is 1. The zero-order valence-electron chi connectivity index (χ0n) is 15.4. The van der Waals surface area contributed by atoms with Gasteiger partial charge in [-0.3, -0.25) is 4.99 Å². The fourth-order valence-electron chi connectivity index (χ4n) is 2.63. The molecule has 0 atom stereocenters. The maximum Gasteiger partial charge on any atom is 0.191 e. The zero-order chi connectivity index (χ0) is 18.2. The van der Waals surface area contributed by atoms with Gasteiger partial charge in [0.2, 0.25) is 0 Å². The van der Waals surface area contributed by atoms with E-state index in [0.717, 1.165) is 18.1 Å². The molecule has 0 amide bonds. The summed E-state index contributed by atoms with van der Waals surface area (Å²) in [5.74, 6) is 0.547. The third-order valence-electron chi connectivity index (χ3n) is 3.96. The van der Waals surface area contributed by atoms with Crippen molar-refractivity contribution in [1.29, 1.82) is 0 Å². The molecule has 0 spiro atoms. The molecule has 0 fully saturated rings. The Morgan fingerprint density at radius 1 is 1.04 bits per heavy atom. The number of hydrogen-bond acceptors (Lipinski definition) is 2. The van der Waals surface area contributed by atoms with Gasteiger partial charge in [0.1, 0.15) is 5.82 Å². The van der Waals surface area contributed by atoms with E-state index in [1.807, 2.05) is 12.1 Å². The molecule has 0 saturated heterocycles. The molecule has 2 aromatic rings. The molecule has 0 radical (unpaired) electrons. The normalized spacial score (nSPS) is 11.7. The van der Waals surface area contributed by atoms with Crippen LogP contribution in [0.2, 0.25) is 0 Å². The van der Waals surface area contributed by atoms with Crippen molar-refractivity contribution >= 4 is 5.96 Å².